The topological polar surface area (TPSA) is 69.8 Å². The summed E-state index contributed by atoms with van der Waals surface area (Å²) in [6.07, 6.45) is 1.12. The Morgan fingerprint density at radius 1 is 1.26 bits per heavy atom. The summed E-state index contributed by atoms with van der Waals surface area (Å²) in [6, 6.07) is -0.134. The number of halogens is 4. The highest BCUT2D eigenvalue weighted by Gasteiger charge is 2.38. The smallest absolute Gasteiger partial charge is 0.381 e. The normalized spacial score (nSPS) is 16.2. The number of hydrogen-bond acceptors (Lipinski definition) is 5. The second-order valence-corrected chi connectivity index (χ2v) is 6.76. The summed E-state index contributed by atoms with van der Waals surface area (Å²) in [4.78, 5) is 8.34. The van der Waals surface area contributed by atoms with E-state index in [2.05, 4.69) is 20.4 Å². The first-order valence-electron chi connectivity index (χ1n) is 8.31. The number of alkyl halides is 3. The average molecular weight is 401 g/mol. The van der Waals surface area contributed by atoms with Crippen molar-refractivity contribution in [2.24, 2.45) is 7.05 Å². The molecule has 27 heavy (non-hydrogen) atoms. The van der Waals surface area contributed by atoms with Gasteiger partial charge in [-0.25, -0.2) is 4.98 Å². The van der Waals surface area contributed by atoms with Gasteiger partial charge in [-0.15, -0.1) is 0 Å². The molecule has 3 aromatic rings. The number of hydrogen-bond donors (Lipinski definition) is 1. The van der Waals surface area contributed by atoms with Gasteiger partial charge in [0.2, 0.25) is 5.95 Å². The van der Waals surface area contributed by atoms with Crippen LogP contribution >= 0.6 is 11.6 Å². The van der Waals surface area contributed by atoms with Crippen LogP contribution in [0.5, 0.6) is 0 Å². The van der Waals surface area contributed by atoms with Crippen LogP contribution in [0.2, 0.25) is 5.02 Å². The van der Waals surface area contributed by atoms with Crippen LogP contribution < -0.4 is 5.32 Å². The molecule has 1 aliphatic heterocycles. The Morgan fingerprint density at radius 3 is 2.70 bits per heavy atom. The fourth-order valence-corrected chi connectivity index (χ4v) is 3.40. The second kappa shape index (κ2) is 6.68. The molecule has 1 aliphatic rings. The molecule has 0 unspecified atom stereocenters. The van der Waals surface area contributed by atoms with Gasteiger partial charge < -0.3 is 14.6 Å². The van der Waals surface area contributed by atoms with Crippen molar-refractivity contribution in [1.82, 2.24) is 24.3 Å². The van der Waals surface area contributed by atoms with Crippen molar-refractivity contribution in [3.63, 3.8) is 0 Å². The first kappa shape index (κ1) is 18.1. The third kappa shape index (κ3) is 3.46. The number of anilines is 2. The predicted octanol–water partition coefficient (Wildman–Crippen LogP) is 3.93. The molecular weight excluding hydrogens is 385 g/mol. The SMILES string of the molecule is Cn1cc(Cl)c2cnc(Nc3cn(C4CCOCC4)nc3C(F)(F)F)nc21. The zero-order chi connectivity index (χ0) is 19.2. The molecule has 3 aromatic heterocycles. The second-order valence-electron chi connectivity index (χ2n) is 6.36. The number of fused-ring (bicyclic) bond motifs is 1. The summed E-state index contributed by atoms with van der Waals surface area (Å²) in [5, 5.41) is 7.53. The van der Waals surface area contributed by atoms with Gasteiger partial charge >= 0.3 is 6.18 Å². The maximum Gasteiger partial charge on any atom is 0.437 e. The van der Waals surface area contributed by atoms with E-state index in [9.17, 15) is 13.2 Å². The van der Waals surface area contributed by atoms with Gasteiger partial charge in [-0.3, -0.25) is 4.68 Å². The molecule has 7 nitrogen and oxygen atoms in total. The number of nitrogens with zero attached hydrogens (tertiary/aromatic N) is 5. The standard InChI is InChI=1S/C16H16ClF3N6O/c1-25-7-11(17)10-6-21-15(23-14(10)25)22-12-8-26(9-2-4-27-5-3-9)24-13(12)16(18,19)20/h6-9H,2-5H2,1H3,(H,21,22,23). The van der Waals surface area contributed by atoms with Crippen molar-refractivity contribution in [3.8, 4) is 0 Å². The van der Waals surface area contributed by atoms with Gasteiger partial charge in [-0.1, -0.05) is 11.6 Å². The molecule has 0 radical (unpaired) electrons. The van der Waals surface area contributed by atoms with Crippen molar-refractivity contribution in [1.29, 1.82) is 0 Å². The van der Waals surface area contributed by atoms with E-state index in [0.717, 1.165) is 0 Å². The monoisotopic (exact) mass is 400 g/mol. The highest BCUT2D eigenvalue weighted by Crippen LogP contribution is 2.36. The number of nitrogens with one attached hydrogen (secondary N) is 1. The molecule has 1 saturated heterocycles. The van der Waals surface area contributed by atoms with E-state index >= 15 is 0 Å². The molecule has 4 rings (SSSR count). The van der Waals surface area contributed by atoms with Crippen molar-refractivity contribution in [3.05, 3.63) is 29.3 Å². The molecule has 1 fully saturated rings. The molecule has 0 bridgehead atoms. The molecule has 11 heteroatoms. The average Bonchev–Trinajstić information content (AvgIpc) is 3.17. The largest absolute Gasteiger partial charge is 0.437 e. The summed E-state index contributed by atoms with van der Waals surface area (Å²) in [5.41, 5.74) is -0.667. The van der Waals surface area contributed by atoms with Gasteiger partial charge in [0, 0.05) is 38.9 Å². The van der Waals surface area contributed by atoms with Crippen LogP contribution in [-0.4, -0.2) is 37.5 Å². The maximum atomic E-state index is 13.4. The fraction of sp³-hybridized carbons (Fsp3) is 0.438. The Labute approximate surface area is 157 Å². The first-order valence-corrected chi connectivity index (χ1v) is 8.69. The minimum atomic E-state index is -4.60. The van der Waals surface area contributed by atoms with E-state index in [0.29, 0.717) is 42.1 Å². The lowest BCUT2D eigenvalue weighted by Gasteiger charge is -2.22. The Balaban J connectivity index is 1.69. The van der Waals surface area contributed by atoms with Gasteiger partial charge in [0.15, 0.2) is 5.69 Å². The fourth-order valence-electron chi connectivity index (χ4n) is 3.12. The highest BCUT2D eigenvalue weighted by atomic mass is 35.5. The molecular formula is C16H16ClF3N6O. The zero-order valence-electron chi connectivity index (χ0n) is 14.3. The van der Waals surface area contributed by atoms with Crippen molar-refractivity contribution < 1.29 is 17.9 Å². The summed E-state index contributed by atoms with van der Waals surface area (Å²) in [5.74, 6) is 0.0393. The van der Waals surface area contributed by atoms with E-state index in [1.54, 1.807) is 17.8 Å². The lowest BCUT2D eigenvalue weighted by molar-refractivity contribution is -0.141. The van der Waals surface area contributed by atoms with Crippen LogP contribution in [0.25, 0.3) is 11.0 Å². The van der Waals surface area contributed by atoms with Gasteiger partial charge in [0.1, 0.15) is 5.65 Å². The molecule has 0 amide bonds. The first-order chi connectivity index (χ1) is 12.8. The van der Waals surface area contributed by atoms with E-state index in [4.69, 9.17) is 16.3 Å². The Hall–Kier alpha value is -2.33. The summed E-state index contributed by atoms with van der Waals surface area (Å²) in [7, 11) is 1.75. The Kier molecular flexibility index (Phi) is 4.47. The molecule has 0 aliphatic carbocycles. The number of rotatable bonds is 3. The minimum absolute atomic E-state index is 0.0393. The van der Waals surface area contributed by atoms with Crippen LogP contribution in [0.1, 0.15) is 24.6 Å². The van der Waals surface area contributed by atoms with Gasteiger partial charge in [-0.05, 0) is 12.8 Å². The molecule has 4 heterocycles. The number of aromatic nitrogens is 5. The Morgan fingerprint density at radius 2 is 2.00 bits per heavy atom. The maximum absolute atomic E-state index is 13.4. The zero-order valence-corrected chi connectivity index (χ0v) is 15.0. The third-order valence-electron chi connectivity index (χ3n) is 4.48. The molecule has 0 saturated carbocycles. The van der Waals surface area contributed by atoms with Crippen LogP contribution in [0, 0.1) is 0 Å². The lowest BCUT2D eigenvalue weighted by atomic mass is 10.1. The van der Waals surface area contributed by atoms with Crippen molar-refractivity contribution in [2.75, 3.05) is 18.5 Å². The van der Waals surface area contributed by atoms with Crippen molar-refractivity contribution >= 4 is 34.3 Å². The van der Waals surface area contributed by atoms with E-state index in [1.165, 1.54) is 17.1 Å². The van der Waals surface area contributed by atoms with E-state index < -0.39 is 11.9 Å². The number of ether oxygens (including phenoxy) is 1. The van der Waals surface area contributed by atoms with Crippen LogP contribution in [-0.2, 0) is 18.0 Å². The minimum Gasteiger partial charge on any atom is -0.381 e. The van der Waals surface area contributed by atoms with Gasteiger partial charge in [0.25, 0.3) is 0 Å². The van der Waals surface area contributed by atoms with Gasteiger partial charge in [-0.2, -0.15) is 23.3 Å². The van der Waals surface area contributed by atoms with Gasteiger partial charge in [0.05, 0.1) is 22.1 Å². The lowest BCUT2D eigenvalue weighted by Crippen LogP contribution is -2.20. The summed E-state index contributed by atoms with van der Waals surface area (Å²) < 4.78 is 48.6. The van der Waals surface area contributed by atoms with Crippen molar-refractivity contribution in [2.45, 2.75) is 25.1 Å². The van der Waals surface area contributed by atoms with Crippen LogP contribution in [0.4, 0.5) is 24.8 Å². The van der Waals surface area contributed by atoms with E-state index in [1.807, 2.05) is 0 Å². The Bertz CT molecular complexity index is 977. The van der Waals surface area contributed by atoms with Crippen LogP contribution in [0.15, 0.2) is 18.6 Å². The molecule has 144 valence electrons. The summed E-state index contributed by atoms with van der Waals surface area (Å²) in [6.45, 7) is 1.01. The molecule has 0 spiro atoms. The highest BCUT2D eigenvalue weighted by molar-refractivity contribution is 6.35. The molecule has 0 atom stereocenters. The summed E-state index contributed by atoms with van der Waals surface area (Å²) >= 11 is 6.07. The van der Waals surface area contributed by atoms with Crippen LogP contribution in [0.3, 0.4) is 0 Å². The third-order valence-corrected chi connectivity index (χ3v) is 4.78. The quantitative estimate of drug-likeness (QED) is 0.721. The number of aryl methyl sites for hydroxylation is 1. The predicted molar refractivity (Wildman–Crippen MR) is 93.1 cm³/mol. The van der Waals surface area contributed by atoms with E-state index in [-0.39, 0.29) is 17.7 Å². The molecule has 0 aromatic carbocycles. The molecule has 1 N–H and O–H groups in total.